The quantitative estimate of drug-likeness (QED) is 0.522. The van der Waals surface area contributed by atoms with E-state index in [1.807, 2.05) is 30.1 Å². The lowest BCUT2D eigenvalue weighted by Crippen LogP contribution is -2.48. The molecule has 4 rings (SSSR count). The SMILES string of the molecule is CCOC(=O)C1=C(CN(C)Cc2ccc3c(c2)OCO3)NC(=O)N[C@H]1c1ccccc1OC(F)F. The molecule has 2 aliphatic rings. The van der Waals surface area contributed by atoms with Crippen LogP contribution in [0.5, 0.6) is 17.2 Å². The van der Waals surface area contributed by atoms with Gasteiger partial charge in [-0.15, -0.1) is 0 Å². The summed E-state index contributed by atoms with van der Waals surface area (Å²) in [6.07, 6.45) is 0. The molecule has 11 heteroatoms. The van der Waals surface area contributed by atoms with E-state index in [2.05, 4.69) is 15.4 Å². The number of halogens is 2. The number of hydrogen-bond donors (Lipinski definition) is 2. The fourth-order valence-corrected chi connectivity index (χ4v) is 4.02. The highest BCUT2D eigenvalue weighted by Gasteiger charge is 2.36. The van der Waals surface area contributed by atoms with Crippen molar-refractivity contribution < 1.29 is 37.3 Å². The van der Waals surface area contributed by atoms with Crippen molar-refractivity contribution in [2.75, 3.05) is 27.0 Å². The second kappa shape index (κ2) is 10.6. The smallest absolute Gasteiger partial charge is 0.387 e. The average Bonchev–Trinajstić information content (AvgIpc) is 3.26. The van der Waals surface area contributed by atoms with Gasteiger partial charge in [-0.1, -0.05) is 24.3 Å². The van der Waals surface area contributed by atoms with Crippen molar-refractivity contribution in [3.63, 3.8) is 0 Å². The van der Waals surface area contributed by atoms with Crippen LogP contribution in [0.1, 0.15) is 24.1 Å². The third-order valence-corrected chi connectivity index (χ3v) is 5.41. The second-order valence-corrected chi connectivity index (χ2v) is 7.92. The van der Waals surface area contributed by atoms with Crippen LogP contribution in [-0.4, -0.2) is 50.5 Å². The van der Waals surface area contributed by atoms with E-state index in [1.54, 1.807) is 13.0 Å². The molecule has 0 aliphatic carbocycles. The predicted molar refractivity (Wildman–Crippen MR) is 120 cm³/mol. The summed E-state index contributed by atoms with van der Waals surface area (Å²) >= 11 is 0. The first-order valence-corrected chi connectivity index (χ1v) is 10.9. The standard InChI is InChI=1S/C24H25F2N3O6/c1-3-32-22(30)20-16(12-29(2)11-14-8-9-18-19(10-14)34-13-33-18)27-24(31)28-21(20)15-6-4-5-7-17(15)35-23(25)26/h4-10,21,23H,3,11-13H2,1-2H3,(H2,27,28,31)/t21-/m0/s1. The minimum absolute atomic E-state index is 0.0957. The molecule has 2 aromatic carbocycles. The molecule has 2 amide bonds. The highest BCUT2D eigenvalue weighted by molar-refractivity contribution is 5.95. The van der Waals surface area contributed by atoms with Gasteiger partial charge in [-0.3, -0.25) is 4.90 Å². The highest BCUT2D eigenvalue weighted by atomic mass is 19.3. The van der Waals surface area contributed by atoms with Gasteiger partial charge in [0.05, 0.1) is 18.2 Å². The molecular formula is C24H25F2N3O6. The molecule has 0 saturated heterocycles. The van der Waals surface area contributed by atoms with Crippen molar-refractivity contribution in [1.82, 2.24) is 15.5 Å². The summed E-state index contributed by atoms with van der Waals surface area (Å²) in [6.45, 7) is -0.516. The van der Waals surface area contributed by atoms with Crippen LogP contribution in [0.25, 0.3) is 0 Å². The zero-order chi connectivity index (χ0) is 24.9. The fourth-order valence-electron chi connectivity index (χ4n) is 4.02. The first-order valence-electron chi connectivity index (χ1n) is 10.9. The van der Waals surface area contributed by atoms with Crippen LogP contribution in [-0.2, 0) is 16.1 Å². The van der Waals surface area contributed by atoms with Crippen LogP contribution in [0.3, 0.4) is 0 Å². The molecule has 1 atom stereocenters. The molecule has 9 nitrogen and oxygen atoms in total. The lowest BCUT2D eigenvalue weighted by Gasteiger charge is -2.31. The Labute approximate surface area is 200 Å². The van der Waals surface area contributed by atoms with E-state index in [9.17, 15) is 18.4 Å². The Balaban J connectivity index is 1.65. The van der Waals surface area contributed by atoms with Crippen molar-refractivity contribution in [3.05, 3.63) is 64.9 Å². The Morgan fingerprint density at radius 1 is 1.17 bits per heavy atom. The van der Waals surface area contributed by atoms with Crippen molar-refractivity contribution in [2.24, 2.45) is 0 Å². The molecule has 2 aliphatic heterocycles. The molecule has 35 heavy (non-hydrogen) atoms. The summed E-state index contributed by atoms with van der Waals surface area (Å²) in [4.78, 5) is 27.4. The van der Waals surface area contributed by atoms with Crippen molar-refractivity contribution in [3.8, 4) is 17.2 Å². The molecule has 0 spiro atoms. The van der Waals surface area contributed by atoms with Gasteiger partial charge in [0.2, 0.25) is 6.79 Å². The van der Waals surface area contributed by atoms with Crippen molar-refractivity contribution in [1.29, 1.82) is 0 Å². The molecule has 2 heterocycles. The van der Waals surface area contributed by atoms with Gasteiger partial charge in [0.1, 0.15) is 5.75 Å². The molecule has 0 aromatic heterocycles. The monoisotopic (exact) mass is 489 g/mol. The van der Waals surface area contributed by atoms with Gasteiger partial charge in [0.25, 0.3) is 0 Å². The number of urea groups is 1. The van der Waals surface area contributed by atoms with Gasteiger partial charge < -0.3 is 29.6 Å². The molecule has 0 fully saturated rings. The highest BCUT2D eigenvalue weighted by Crippen LogP contribution is 2.35. The van der Waals surface area contributed by atoms with Crippen LogP contribution in [0, 0.1) is 0 Å². The van der Waals surface area contributed by atoms with E-state index >= 15 is 0 Å². The summed E-state index contributed by atoms with van der Waals surface area (Å²) in [5.74, 6) is 0.489. The largest absolute Gasteiger partial charge is 0.463 e. The van der Waals surface area contributed by atoms with Gasteiger partial charge in [0.15, 0.2) is 11.5 Å². The summed E-state index contributed by atoms with van der Waals surface area (Å²) < 4.78 is 46.7. The van der Waals surface area contributed by atoms with Crippen molar-refractivity contribution >= 4 is 12.0 Å². The summed E-state index contributed by atoms with van der Waals surface area (Å²) in [5.41, 5.74) is 1.55. The number of rotatable bonds is 9. The van der Waals surface area contributed by atoms with Gasteiger partial charge in [-0.05, 0) is 37.7 Å². The number of benzene rings is 2. The molecule has 2 aromatic rings. The lowest BCUT2D eigenvalue weighted by molar-refractivity contribution is -0.139. The number of ether oxygens (including phenoxy) is 4. The zero-order valence-corrected chi connectivity index (χ0v) is 19.2. The zero-order valence-electron chi connectivity index (χ0n) is 19.2. The maximum atomic E-state index is 13.0. The number of amides is 2. The number of hydrogen-bond acceptors (Lipinski definition) is 7. The molecule has 0 bridgehead atoms. The molecular weight excluding hydrogens is 464 g/mol. The maximum Gasteiger partial charge on any atom is 0.387 e. The number of nitrogens with one attached hydrogen (secondary N) is 2. The normalized spacial score (nSPS) is 16.9. The van der Waals surface area contributed by atoms with Crippen LogP contribution in [0.15, 0.2) is 53.7 Å². The number of nitrogens with zero attached hydrogens (tertiary/aromatic N) is 1. The number of carbonyl (C=O) groups excluding carboxylic acids is 2. The summed E-state index contributed by atoms with van der Waals surface area (Å²) in [5, 5.41) is 5.31. The van der Waals surface area contributed by atoms with Crippen LogP contribution >= 0.6 is 0 Å². The summed E-state index contributed by atoms with van der Waals surface area (Å²) in [7, 11) is 1.82. The number of para-hydroxylation sites is 1. The van der Waals surface area contributed by atoms with Crippen LogP contribution < -0.4 is 24.8 Å². The van der Waals surface area contributed by atoms with E-state index < -0.39 is 24.7 Å². The van der Waals surface area contributed by atoms with E-state index in [-0.39, 0.29) is 36.8 Å². The minimum atomic E-state index is -3.07. The lowest BCUT2D eigenvalue weighted by atomic mass is 9.94. The number of likely N-dealkylation sites (N-methyl/N-ethyl adjacent to an activating group) is 1. The first-order chi connectivity index (χ1) is 16.9. The number of esters is 1. The average molecular weight is 489 g/mol. The van der Waals surface area contributed by atoms with E-state index in [0.717, 1.165) is 5.56 Å². The molecule has 186 valence electrons. The molecule has 0 radical (unpaired) electrons. The molecule has 0 saturated carbocycles. The van der Waals surface area contributed by atoms with E-state index in [4.69, 9.17) is 14.2 Å². The van der Waals surface area contributed by atoms with Crippen LogP contribution in [0.4, 0.5) is 13.6 Å². The topological polar surface area (TPSA) is 98.4 Å². The number of carbonyl (C=O) groups is 2. The van der Waals surface area contributed by atoms with E-state index in [0.29, 0.717) is 23.7 Å². The van der Waals surface area contributed by atoms with Crippen molar-refractivity contribution in [2.45, 2.75) is 26.1 Å². The fraction of sp³-hybridized carbons (Fsp3) is 0.333. The van der Waals surface area contributed by atoms with Gasteiger partial charge in [0, 0.05) is 24.4 Å². The Bertz CT molecular complexity index is 1140. The number of alkyl halides is 2. The second-order valence-electron chi connectivity index (χ2n) is 7.92. The third-order valence-electron chi connectivity index (χ3n) is 5.41. The van der Waals surface area contributed by atoms with E-state index in [1.165, 1.54) is 18.2 Å². The first kappa shape index (κ1) is 24.3. The maximum absolute atomic E-state index is 13.0. The van der Waals surface area contributed by atoms with Gasteiger partial charge in [-0.2, -0.15) is 8.78 Å². The Hall–Kier alpha value is -3.86. The Morgan fingerprint density at radius 3 is 2.71 bits per heavy atom. The molecule has 2 N–H and O–H groups in total. The minimum Gasteiger partial charge on any atom is -0.463 e. The third kappa shape index (κ3) is 5.62. The predicted octanol–water partition coefficient (Wildman–Crippen LogP) is 3.32. The Kier molecular flexibility index (Phi) is 7.35. The molecule has 0 unspecified atom stereocenters. The van der Waals surface area contributed by atoms with Gasteiger partial charge in [-0.25, -0.2) is 9.59 Å². The van der Waals surface area contributed by atoms with Crippen LogP contribution in [0.2, 0.25) is 0 Å². The van der Waals surface area contributed by atoms with Gasteiger partial charge >= 0.3 is 18.6 Å². The Morgan fingerprint density at radius 2 is 1.94 bits per heavy atom. The number of fused-ring (bicyclic) bond motifs is 1. The summed E-state index contributed by atoms with van der Waals surface area (Å²) in [6, 6.07) is 9.94.